The van der Waals surface area contributed by atoms with Crippen LogP contribution in [0.25, 0.3) is 0 Å². The van der Waals surface area contributed by atoms with Gasteiger partial charge in [-0.05, 0) is 44.0 Å². The van der Waals surface area contributed by atoms with E-state index in [1.807, 2.05) is 0 Å². The van der Waals surface area contributed by atoms with Gasteiger partial charge in [0, 0.05) is 19.1 Å². The maximum atomic E-state index is 11.3. The first kappa shape index (κ1) is 16.1. The summed E-state index contributed by atoms with van der Waals surface area (Å²) in [6, 6.07) is 4.96. The van der Waals surface area contributed by atoms with Gasteiger partial charge in [-0.25, -0.2) is 13.6 Å². The predicted octanol–water partition coefficient (Wildman–Crippen LogP) is 1.20. The Hall–Kier alpha value is -1.31. The molecule has 0 atom stereocenters. The Labute approximate surface area is 126 Å². The number of likely N-dealkylation sites (tertiary alicyclic amines) is 1. The van der Waals surface area contributed by atoms with Crippen molar-refractivity contribution >= 4 is 21.4 Å². The number of rotatable bonds is 5. The number of primary sulfonamides is 1. The van der Waals surface area contributed by atoms with Crippen LogP contribution in [0, 0.1) is 0 Å². The van der Waals surface area contributed by atoms with Crippen LogP contribution in [0.5, 0.6) is 0 Å². The van der Waals surface area contributed by atoms with Crippen molar-refractivity contribution < 1.29 is 8.42 Å². The van der Waals surface area contributed by atoms with E-state index in [0.717, 1.165) is 38.2 Å². The predicted molar refractivity (Wildman–Crippen MR) is 85.6 cm³/mol. The number of piperidine rings is 1. The molecule has 0 aromatic heterocycles. The molecule has 0 bridgehead atoms. The fraction of sp³-hybridized carbons (Fsp3) is 0.571. The zero-order valence-electron chi connectivity index (χ0n) is 12.4. The topological polar surface area (TPSA) is 101 Å². The number of sulfonamides is 1. The van der Waals surface area contributed by atoms with Crippen LogP contribution in [0.3, 0.4) is 0 Å². The monoisotopic (exact) mass is 312 g/mol. The lowest BCUT2D eigenvalue weighted by Gasteiger charge is -2.32. The lowest BCUT2D eigenvalue weighted by atomic mass is 10.0. The number of hydrogen-bond acceptors (Lipinski definition) is 5. The standard InChI is InChI=1S/C14H24N4O2S/c1-2-7-18-8-5-11(6-9-18)17-14-4-3-12(10-13(14)15)21(16,19)20/h3-4,10-11,17H,2,5-9,15H2,1H3,(H2,16,19,20). The van der Waals surface area contributed by atoms with Crippen molar-refractivity contribution in [3.63, 3.8) is 0 Å². The molecule has 21 heavy (non-hydrogen) atoms. The van der Waals surface area contributed by atoms with Gasteiger partial charge in [0.1, 0.15) is 0 Å². The summed E-state index contributed by atoms with van der Waals surface area (Å²) in [5.41, 5.74) is 7.11. The molecule has 7 heteroatoms. The van der Waals surface area contributed by atoms with Crippen LogP contribution in [0.4, 0.5) is 11.4 Å². The van der Waals surface area contributed by atoms with E-state index in [2.05, 4.69) is 17.1 Å². The minimum absolute atomic E-state index is 0.0447. The molecule has 0 spiro atoms. The van der Waals surface area contributed by atoms with Gasteiger partial charge in [-0.3, -0.25) is 0 Å². The quantitative estimate of drug-likeness (QED) is 0.709. The number of benzene rings is 1. The van der Waals surface area contributed by atoms with Crippen LogP contribution >= 0.6 is 0 Å². The van der Waals surface area contributed by atoms with Crippen molar-refractivity contribution in [1.29, 1.82) is 0 Å². The summed E-state index contributed by atoms with van der Waals surface area (Å²) in [5, 5.41) is 8.50. The number of nitrogen functional groups attached to an aromatic ring is 1. The molecule has 1 aromatic carbocycles. The number of anilines is 2. The molecule has 1 aromatic rings. The molecule has 2 rings (SSSR count). The molecular weight excluding hydrogens is 288 g/mol. The van der Waals surface area contributed by atoms with Crippen molar-refractivity contribution in [2.24, 2.45) is 5.14 Å². The first-order chi connectivity index (χ1) is 9.90. The lowest BCUT2D eigenvalue weighted by molar-refractivity contribution is 0.219. The van der Waals surface area contributed by atoms with Gasteiger partial charge in [0.2, 0.25) is 10.0 Å². The Kier molecular flexibility index (Phi) is 5.08. The highest BCUT2D eigenvalue weighted by atomic mass is 32.2. The molecule has 5 N–H and O–H groups in total. The molecule has 1 heterocycles. The summed E-state index contributed by atoms with van der Waals surface area (Å²) < 4.78 is 22.6. The molecule has 0 unspecified atom stereocenters. The summed E-state index contributed by atoms with van der Waals surface area (Å²) in [6.07, 6.45) is 3.31. The molecule has 0 radical (unpaired) electrons. The highest BCUT2D eigenvalue weighted by Crippen LogP contribution is 2.24. The molecule has 6 nitrogen and oxygen atoms in total. The number of hydrogen-bond donors (Lipinski definition) is 3. The Morgan fingerprint density at radius 1 is 1.33 bits per heavy atom. The SMILES string of the molecule is CCCN1CCC(Nc2ccc(S(N)(=O)=O)cc2N)CC1. The third-order valence-corrected chi connectivity index (χ3v) is 4.75. The third kappa shape index (κ3) is 4.33. The van der Waals surface area contributed by atoms with E-state index in [0.29, 0.717) is 11.7 Å². The van der Waals surface area contributed by atoms with E-state index in [1.54, 1.807) is 6.07 Å². The highest BCUT2D eigenvalue weighted by Gasteiger charge is 2.19. The molecule has 0 amide bonds. The summed E-state index contributed by atoms with van der Waals surface area (Å²) in [7, 11) is -3.70. The normalized spacial score (nSPS) is 17.8. The molecule has 0 aliphatic carbocycles. The smallest absolute Gasteiger partial charge is 0.238 e. The number of nitrogens with two attached hydrogens (primary N) is 2. The van der Waals surface area contributed by atoms with E-state index >= 15 is 0 Å². The Morgan fingerprint density at radius 3 is 2.52 bits per heavy atom. The summed E-state index contributed by atoms with van der Waals surface area (Å²) in [6.45, 7) is 5.51. The van der Waals surface area contributed by atoms with Crippen molar-refractivity contribution in [3.05, 3.63) is 18.2 Å². The summed E-state index contributed by atoms with van der Waals surface area (Å²) >= 11 is 0. The van der Waals surface area contributed by atoms with Gasteiger partial charge in [0.05, 0.1) is 16.3 Å². The maximum absolute atomic E-state index is 11.3. The fourth-order valence-corrected chi connectivity index (χ4v) is 3.24. The number of nitrogens with one attached hydrogen (secondary N) is 1. The average Bonchev–Trinajstić information content (AvgIpc) is 2.42. The van der Waals surface area contributed by atoms with Crippen LogP contribution in [0.15, 0.2) is 23.1 Å². The molecule has 1 aliphatic heterocycles. The first-order valence-electron chi connectivity index (χ1n) is 7.31. The minimum Gasteiger partial charge on any atom is -0.397 e. The second-order valence-corrected chi connectivity index (χ2v) is 7.12. The largest absolute Gasteiger partial charge is 0.397 e. The molecule has 1 saturated heterocycles. The lowest BCUT2D eigenvalue weighted by Crippen LogP contribution is -2.39. The second kappa shape index (κ2) is 6.64. The van der Waals surface area contributed by atoms with Crippen LogP contribution in [-0.2, 0) is 10.0 Å². The average molecular weight is 312 g/mol. The Morgan fingerprint density at radius 2 is 2.00 bits per heavy atom. The van der Waals surface area contributed by atoms with Crippen LogP contribution in [0.1, 0.15) is 26.2 Å². The van der Waals surface area contributed by atoms with E-state index in [-0.39, 0.29) is 4.90 Å². The molecule has 0 saturated carbocycles. The van der Waals surface area contributed by atoms with E-state index < -0.39 is 10.0 Å². The van der Waals surface area contributed by atoms with Crippen molar-refractivity contribution in [2.75, 3.05) is 30.7 Å². The Bertz CT molecular complexity index is 581. The van der Waals surface area contributed by atoms with Crippen molar-refractivity contribution in [2.45, 2.75) is 37.1 Å². The second-order valence-electron chi connectivity index (χ2n) is 5.55. The molecule has 118 valence electrons. The van der Waals surface area contributed by atoms with Gasteiger partial charge in [-0.15, -0.1) is 0 Å². The molecule has 1 fully saturated rings. The van der Waals surface area contributed by atoms with E-state index in [9.17, 15) is 8.42 Å². The fourth-order valence-electron chi connectivity index (χ4n) is 2.69. The van der Waals surface area contributed by atoms with Crippen LogP contribution < -0.4 is 16.2 Å². The first-order valence-corrected chi connectivity index (χ1v) is 8.86. The van der Waals surface area contributed by atoms with Crippen molar-refractivity contribution in [3.8, 4) is 0 Å². The number of nitrogens with zero attached hydrogens (tertiary/aromatic N) is 1. The summed E-state index contributed by atoms with van der Waals surface area (Å²) in [5.74, 6) is 0. The highest BCUT2D eigenvalue weighted by molar-refractivity contribution is 7.89. The van der Waals surface area contributed by atoms with E-state index in [4.69, 9.17) is 10.9 Å². The molecule has 1 aliphatic rings. The van der Waals surface area contributed by atoms with Crippen molar-refractivity contribution in [1.82, 2.24) is 4.90 Å². The zero-order chi connectivity index (χ0) is 15.5. The maximum Gasteiger partial charge on any atom is 0.238 e. The molecular formula is C14H24N4O2S. The van der Waals surface area contributed by atoms with Gasteiger partial charge >= 0.3 is 0 Å². The van der Waals surface area contributed by atoms with Gasteiger partial charge in [-0.2, -0.15) is 0 Å². The summed E-state index contributed by atoms with van der Waals surface area (Å²) in [4.78, 5) is 2.51. The Balaban J connectivity index is 1.98. The van der Waals surface area contributed by atoms with Gasteiger partial charge < -0.3 is 16.0 Å². The van der Waals surface area contributed by atoms with E-state index in [1.165, 1.54) is 18.6 Å². The van der Waals surface area contributed by atoms with Crippen LogP contribution in [-0.4, -0.2) is 39.0 Å². The minimum atomic E-state index is -3.70. The van der Waals surface area contributed by atoms with Gasteiger partial charge in [-0.1, -0.05) is 6.92 Å². The zero-order valence-corrected chi connectivity index (χ0v) is 13.2. The van der Waals surface area contributed by atoms with Gasteiger partial charge in [0.15, 0.2) is 0 Å². The van der Waals surface area contributed by atoms with Gasteiger partial charge in [0.25, 0.3) is 0 Å². The van der Waals surface area contributed by atoms with Crippen LogP contribution in [0.2, 0.25) is 0 Å². The third-order valence-electron chi connectivity index (χ3n) is 3.84.